The van der Waals surface area contributed by atoms with Crippen LogP contribution in [0.5, 0.6) is 6.08 Å². The highest BCUT2D eigenvalue weighted by atomic mass is 16.6. The van der Waals surface area contributed by atoms with Crippen LogP contribution in [0.4, 0.5) is 0 Å². The smallest absolute Gasteiger partial charge is 0.394 e. The number of nitrogens with zero attached hydrogens (tertiary/aromatic N) is 1. The van der Waals surface area contributed by atoms with Crippen molar-refractivity contribution in [2.24, 2.45) is 5.92 Å². The van der Waals surface area contributed by atoms with Crippen LogP contribution in [0.25, 0.3) is 11.1 Å². The van der Waals surface area contributed by atoms with Crippen LogP contribution in [0.2, 0.25) is 0 Å². The molecular weight excluding hydrogens is 262 g/mol. The molecule has 0 radical (unpaired) electrons. The molecule has 0 aliphatic carbocycles. The maximum atomic E-state index is 10.9. The molecule has 0 spiro atoms. The van der Waals surface area contributed by atoms with E-state index in [2.05, 4.69) is 4.98 Å². The molecule has 106 valence electrons. The third-order valence-electron chi connectivity index (χ3n) is 3.40. The second-order valence-corrected chi connectivity index (χ2v) is 4.83. The number of rotatable bonds is 4. The van der Waals surface area contributed by atoms with Crippen LogP contribution in [0, 0.1) is 5.92 Å². The van der Waals surface area contributed by atoms with Gasteiger partial charge in [-0.15, -0.1) is 0 Å². The molecule has 1 fully saturated rings. The zero-order chi connectivity index (χ0) is 13.9. The van der Waals surface area contributed by atoms with E-state index in [1.807, 2.05) is 0 Å². The number of hydrogen-bond acceptors (Lipinski definition) is 5. The monoisotopic (exact) mass is 277 g/mol. The Balaban J connectivity index is 1.70. The van der Waals surface area contributed by atoms with Crippen molar-refractivity contribution < 1.29 is 23.8 Å². The Morgan fingerprint density at radius 2 is 2.20 bits per heavy atom. The standard InChI is InChI=1S/C14H15NO5/c16-13(17)10-1-2-11-12(7-10)20-14(15-11)19-8-9-3-5-18-6-4-9/h1-2,7,9H,3-6,8H2,(H,16,17). The molecule has 1 saturated heterocycles. The Hall–Kier alpha value is -2.08. The highest BCUT2D eigenvalue weighted by Crippen LogP contribution is 2.23. The number of aromatic carboxylic acids is 1. The van der Waals surface area contributed by atoms with Gasteiger partial charge >= 0.3 is 12.0 Å². The van der Waals surface area contributed by atoms with Crippen LogP contribution < -0.4 is 4.74 Å². The number of oxazole rings is 1. The number of hydrogen-bond donors (Lipinski definition) is 1. The fraction of sp³-hybridized carbons (Fsp3) is 0.429. The van der Waals surface area contributed by atoms with Gasteiger partial charge in [-0.3, -0.25) is 0 Å². The summed E-state index contributed by atoms with van der Waals surface area (Å²) in [6.45, 7) is 2.08. The van der Waals surface area contributed by atoms with E-state index in [9.17, 15) is 4.79 Å². The van der Waals surface area contributed by atoms with Gasteiger partial charge in [-0.1, -0.05) is 0 Å². The van der Waals surface area contributed by atoms with E-state index in [4.69, 9.17) is 19.0 Å². The van der Waals surface area contributed by atoms with Crippen LogP contribution in [-0.2, 0) is 4.74 Å². The highest BCUT2D eigenvalue weighted by molar-refractivity contribution is 5.91. The molecule has 1 aromatic heterocycles. The number of aromatic nitrogens is 1. The molecule has 1 aliphatic heterocycles. The molecule has 1 aliphatic rings. The normalized spacial score (nSPS) is 16.4. The molecular formula is C14H15NO5. The molecule has 6 heteroatoms. The van der Waals surface area contributed by atoms with Gasteiger partial charge in [0.2, 0.25) is 0 Å². The Labute approximate surface area is 115 Å². The van der Waals surface area contributed by atoms with E-state index >= 15 is 0 Å². The average molecular weight is 277 g/mol. The van der Waals surface area contributed by atoms with Crippen LogP contribution in [0.3, 0.4) is 0 Å². The van der Waals surface area contributed by atoms with Gasteiger partial charge in [0.05, 0.1) is 12.2 Å². The summed E-state index contributed by atoms with van der Waals surface area (Å²) in [4.78, 5) is 15.1. The molecule has 0 unspecified atom stereocenters. The summed E-state index contributed by atoms with van der Waals surface area (Å²) < 4.78 is 16.3. The maximum absolute atomic E-state index is 10.9. The van der Waals surface area contributed by atoms with Gasteiger partial charge in [0.1, 0.15) is 5.52 Å². The molecule has 3 rings (SSSR count). The van der Waals surface area contributed by atoms with E-state index in [1.54, 1.807) is 6.07 Å². The number of benzene rings is 1. The summed E-state index contributed by atoms with van der Waals surface area (Å²) >= 11 is 0. The minimum Gasteiger partial charge on any atom is -0.478 e. The van der Waals surface area contributed by atoms with Gasteiger partial charge in [0, 0.05) is 13.2 Å². The third kappa shape index (κ3) is 2.75. The predicted octanol–water partition coefficient (Wildman–Crippen LogP) is 2.33. The van der Waals surface area contributed by atoms with Gasteiger partial charge in [-0.05, 0) is 37.0 Å². The quantitative estimate of drug-likeness (QED) is 0.923. The first-order valence-electron chi connectivity index (χ1n) is 6.57. The summed E-state index contributed by atoms with van der Waals surface area (Å²) in [6, 6.07) is 4.56. The van der Waals surface area contributed by atoms with E-state index in [-0.39, 0.29) is 11.6 Å². The lowest BCUT2D eigenvalue weighted by Crippen LogP contribution is -2.21. The fourth-order valence-corrected chi connectivity index (χ4v) is 2.20. The largest absolute Gasteiger partial charge is 0.478 e. The van der Waals surface area contributed by atoms with Crippen molar-refractivity contribution in [1.82, 2.24) is 4.98 Å². The summed E-state index contributed by atoms with van der Waals surface area (Å²) in [7, 11) is 0. The van der Waals surface area contributed by atoms with Crippen molar-refractivity contribution >= 4 is 17.1 Å². The van der Waals surface area contributed by atoms with E-state index in [0.717, 1.165) is 26.1 Å². The number of ether oxygens (including phenoxy) is 2. The molecule has 6 nitrogen and oxygen atoms in total. The third-order valence-corrected chi connectivity index (χ3v) is 3.40. The van der Waals surface area contributed by atoms with Gasteiger partial charge in [0.15, 0.2) is 5.58 Å². The molecule has 0 saturated carbocycles. The Morgan fingerprint density at radius 1 is 1.40 bits per heavy atom. The summed E-state index contributed by atoms with van der Waals surface area (Å²) in [6.07, 6.45) is 2.14. The second-order valence-electron chi connectivity index (χ2n) is 4.83. The zero-order valence-electron chi connectivity index (χ0n) is 10.9. The SMILES string of the molecule is O=C(O)c1ccc2nc(OCC3CCOCC3)oc2c1. The first-order chi connectivity index (χ1) is 9.72. The first-order valence-corrected chi connectivity index (χ1v) is 6.57. The van der Waals surface area contributed by atoms with Crippen molar-refractivity contribution in [2.75, 3.05) is 19.8 Å². The molecule has 2 aromatic rings. The summed E-state index contributed by atoms with van der Waals surface area (Å²) in [5.41, 5.74) is 1.19. The average Bonchev–Trinajstić information content (AvgIpc) is 2.88. The highest BCUT2D eigenvalue weighted by Gasteiger charge is 2.16. The number of carboxylic acid groups (broad SMARTS) is 1. The van der Waals surface area contributed by atoms with Gasteiger partial charge in [-0.2, -0.15) is 4.98 Å². The van der Waals surface area contributed by atoms with Crippen LogP contribution >= 0.6 is 0 Å². The lowest BCUT2D eigenvalue weighted by Gasteiger charge is -2.20. The first kappa shape index (κ1) is 12.9. The zero-order valence-corrected chi connectivity index (χ0v) is 10.9. The summed E-state index contributed by atoms with van der Waals surface area (Å²) in [5, 5.41) is 8.92. The number of carbonyl (C=O) groups is 1. The molecule has 20 heavy (non-hydrogen) atoms. The molecule has 0 amide bonds. The van der Waals surface area contributed by atoms with Crippen molar-refractivity contribution in [3.05, 3.63) is 23.8 Å². The van der Waals surface area contributed by atoms with E-state index in [0.29, 0.717) is 23.6 Å². The number of fused-ring (bicyclic) bond motifs is 1. The molecule has 2 heterocycles. The minimum absolute atomic E-state index is 0.171. The Kier molecular flexibility index (Phi) is 3.56. The Morgan fingerprint density at radius 3 is 2.95 bits per heavy atom. The van der Waals surface area contributed by atoms with Gasteiger partial charge in [0.25, 0.3) is 0 Å². The predicted molar refractivity (Wildman–Crippen MR) is 70.0 cm³/mol. The van der Waals surface area contributed by atoms with Crippen molar-refractivity contribution in [1.29, 1.82) is 0 Å². The summed E-state index contributed by atoms with van der Waals surface area (Å²) in [5.74, 6) is -0.540. The topological polar surface area (TPSA) is 81.8 Å². The lowest BCUT2D eigenvalue weighted by molar-refractivity contribution is 0.0449. The van der Waals surface area contributed by atoms with Crippen LogP contribution in [-0.4, -0.2) is 35.9 Å². The van der Waals surface area contributed by atoms with Crippen molar-refractivity contribution in [2.45, 2.75) is 12.8 Å². The Bertz CT molecular complexity index is 615. The van der Waals surface area contributed by atoms with Crippen molar-refractivity contribution in [3.63, 3.8) is 0 Å². The fourth-order valence-electron chi connectivity index (χ4n) is 2.20. The van der Waals surface area contributed by atoms with Crippen LogP contribution in [0.15, 0.2) is 22.6 Å². The maximum Gasteiger partial charge on any atom is 0.394 e. The lowest BCUT2D eigenvalue weighted by atomic mass is 10.0. The second kappa shape index (κ2) is 5.50. The van der Waals surface area contributed by atoms with E-state index in [1.165, 1.54) is 12.1 Å². The number of carboxylic acids is 1. The minimum atomic E-state index is -0.993. The van der Waals surface area contributed by atoms with Gasteiger partial charge in [-0.25, -0.2) is 4.79 Å². The van der Waals surface area contributed by atoms with Gasteiger partial charge < -0.3 is 19.0 Å². The molecule has 0 atom stereocenters. The van der Waals surface area contributed by atoms with Crippen molar-refractivity contribution in [3.8, 4) is 6.08 Å². The molecule has 0 bridgehead atoms. The molecule has 1 aromatic carbocycles. The molecule has 1 N–H and O–H groups in total. The van der Waals surface area contributed by atoms with E-state index < -0.39 is 5.97 Å². The van der Waals surface area contributed by atoms with Crippen LogP contribution in [0.1, 0.15) is 23.2 Å².